The topological polar surface area (TPSA) is 49.7 Å². The number of fused-ring (bicyclic) bond motifs is 5. The van der Waals surface area contributed by atoms with Crippen molar-refractivity contribution in [3.63, 3.8) is 0 Å². The van der Waals surface area contributed by atoms with Crippen LogP contribution in [-0.4, -0.2) is 35.1 Å². The highest BCUT2D eigenvalue weighted by molar-refractivity contribution is 5.40. The summed E-state index contributed by atoms with van der Waals surface area (Å²) in [7, 11) is 0. The molecule has 0 aliphatic heterocycles. The zero-order valence-electron chi connectivity index (χ0n) is 19.2. The second-order valence-corrected chi connectivity index (χ2v) is 11.3. The molecular weight excluding hydrogens is 360 g/mol. The van der Waals surface area contributed by atoms with Gasteiger partial charge in [-0.1, -0.05) is 51.0 Å². The molecule has 4 aliphatic carbocycles. The lowest BCUT2D eigenvalue weighted by molar-refractivity contribution is -0.0649. The first kappa shape index (κ1) is 21.6. The number of ether oxygens (including phenoxy) is 1. The Morgan fingerprint density at radius 1 is 1.07 bits per heavy atom. The third-order valence-electron chi connectivity index (χ3n) is 9.36. The van der Waals surface area contributed by atoms with Gasteiger partial charge in [-0.25, -0.2) is 0 Å². The first-order valence-electron chi connectivity index (χ1n) is 12.1. The molecule has 0 aromatic heterocycles. The molecule has 4 rings (SSSR count). The minimum absolute atomic E-state index is 0.192. The summed E-state index contributed by atoms with van der Waals surface area (Å²) in [6, 6.07) is 0. The van der Waals surface area contributed by atoms with Crippen molar-refractivity contribution in [1.82, 2.24) is 0 Å². The van der Waals surface area contributed by atoms with Gasteiger partial charge < -0.3 is 14.9 Å². The fourth-order valence-electron chi connectivity index (χ4n) is 7.47. The summed E-state index contributed by atoms with van der Waals surface area (Å²) in [6.07, 6.45) is 11.4. The molecule has 164 valence electrons. The normalized spacial score (nSPS) is 45.2. The number of aliphatic hydroxyl groups is 2. The number of rotatable bonds is 5. The fourth-order valence-corrected chi connectivity index (χ4v) is 7.47. The van der Waals surface area contributed by atoms with Gasteiger partial charge in [-0.05, 0) is 74.5 Å². The molecule has 0 spiro atoms. The van der Waals surface area contributed by atoms with Crippen molar-refractivity contribution in [3.8, 4) is 0 Å². The highest BCUT2D eigenvalue weighted by Crippen LogP contribution is 2.65. The minimum Gasteiger partial charge on any atom is -0.393 e. The Bertz CT molecular complexity index is 679. The Labute approximate surface area is 177 Å². The Morgan fingerprint density at radius 3 is 2.55 bits per heavy atom. The van der Waals surface area contributed by atoms with Gasteiger partial charge in [0.1, 0.15) is 0 Å². The third kappa shape index (κ3) is 3.46. The number of aliphatic hydroxyl groups excluding tert-OH is 2. The summed E-state index contributed by atoms with van der Waals surface area (Å²) in [6.45, 7) is 12.5. The summed E-state index contributed by atoms with van der Waals surface area (Å²) in [5.74, 6) is 2.35. The molecule has 3 fully saturated rings. The lowest BCUT2D eigenvalue weighted by atomic mass is 9.49. The Balaban J connectivity index is 1.55. The number of hydrogen-bond acceptors (Lipinski definition) is 3. The number of allylic oxidation sites excluding steroid dienone is 3. The molecule has 29 heavy (non-hydrogen) atoms. The fraction of sp³-hybridized carbons (Fsp3) is 0.846. The number of hydrogen-bond donors (Lipinski definition) is 2. The van der Waals surface area contributed by atoms with Gasteiger partial charge in [0.25, 0.3) is 0 Å². The van der Waals surface area contributed by atoms with E-state index in [4.69, 9.17) is 4.74 Å². The van der Waals surface area contributed by atoms with E-state index in [1.54, 1.807) is 5.57 Å². The average Bonchev–Trinajstić information content (AvgIpc) is 3.00. The first-order chi connectivity index (χ1) is 13.7. The van der Waals surface area contributed by atoms with Crippen LogP contribution in [0.3, 0.4) is 0 Å². The van der Waals surface area contributed by atoms with E-state index in [0.29, 0.717) is 41.6 Å². The van der Waals surface area contributed by atoms with Crippen LogP contribution in [0.15, 0.2) is 23.3 Å². The summed E-state index contributed by atoms with van der Waals surface area (Å²) in [5, 5.41) is 21.2. The van der Waals surface area contributed by atoms with E-state index in [-0.39, 0.29) is 5.41 Å². The quantitative estimate of drug-likeness (QED) is 0.659. The Kier molecular flexibility index (Phi) is 5.81. The second kappa shape index (κ2) is 7.80. The molecule has 0 aromatic rings. The molecule has 3 heteroatoms. The van der Waals surface area contributed by atoms with Crippen molar-refractivity contribution < 1.29 is 14.9 Å². The van der Waals surface area contributed by atoms with Gasteiger partial charge in [0.05, 0.1) is 18.3 Å². The largest absolute Gasteiger partial charge is 0.393 e. The summed E-state index contributed by atoms with van der Waals surface area (Å²) >= 11 is 0. The van der Waals surface area contributed by atoms with Crippen LogP contribution in [0, 0.1) is 34.5 Å². The van der Waals surface area contributed by atoms with Gasteiger partial charge in [-0.3, -0.25) is 0 Å². The Hall–Kier alpha value is -0.640. The van der Waals surface area contributed by atoms with Crippen LogP contribution in [0.1, 0.15) is 79.6 Å². The SMILES string of the molecule is CC(C)CCOC(C)[C@H]1CC[C@H]2C3=CC=C4C[C@@H](O)C[C@H](O)[C@]4(C)[C@H]3CC[C@]12C. The highest BCUT2D eigenvalue weighted by atomic mass is 16.5. The molecular formula is C26H42O3. The van der Waals surface area contributed by atoms with Gasteiger partial charge in [-0.2, -0.15) is 0 Å². The van der Waals surface area contributed by atoms with E-state index < -0.39 is 12.2 Å². The molecule has 0 bridgehead atoms. The molecule has 2 N–H and O–H groups in total. The van der Waals surface area contributed by atoms with Gasteiger partial charge in [0, 0.05) is 18.4 Å². The standard InChI is InChI=1S/C26H42O3/c1-16(2)11-13-29-17(3)21-8-9-22-20-7-6-18-14-19(27)15-24(28)26(18,5)23(20)10-12-25(21,22)4/h6-7,16-17,19,21-24,27-28H,8-15H2,1-5H3/t17?,19-,21-,22+,23+,24+,25-,26+/m1/s1. The molecule has 0 heterocycles. The monoisotopic (exact) mass is 402 g/mol. The van der Waals surface area contributed by atoms with Crippen molar-refractivity contribution >= 4 is 0 Å². The zero-order valence-corrected chi connectivity index (χ0v) is 19.2. The van der Waals surface area contributed by atoms with Crippen LogP contribution in [0.2, 0.25) is 0 Å². The molecule has 0 saturated heterocycles. The predicted molar refractivity (Wildman–Crippen MR) is 117 cm³/mol. The smallest absolute Gasteiger partial charge is 0.0661 e. The maximum absolute atomic E-state index is 11.0. The average molecular weight is 403 g/mol. The van der Waals surface area contributed by atoms with Crippen LogP contribution < -0.4 is 0 Å². The lowest BCUT2D eigenvalue weighted by Gasteiger charge is -2.56. The van der Waals surface area contributed by atoms with Crippen LogP contribution in [-0.2, 0) is 4.74 Å². The summed E-state index contributed by atoms with van der Waals surface area (Å²) in [5.41, 5.74) is 2.96. The van der Waals surface area contributed by atoms with Crippen molar-refractivity contribution in [2.24, 2.45) is 34.5 Å². The predicted octanol–water partition coefficient (Wildman–Crippen LogP) is 5.27. The van der Waals surface area contributed by atoms with Gasteiger partial charge >= 0.3 is 0 Å². The van der Waals surface area contributed by atoms with Crippen molar-refractivity contribution in [3.05, 3.63) is 23.3 Å². The van der Waals surface area contributed by atoms with E-state index in [2.05, 4.69) is 46.8 Å². The molecule has 3 saturated carbocycles. The molecule has 4 aliphatic rings. The summed E-state index contributed by atoms with van der Waals surface area (Å²) in [4.78, 5) is 0. The van der Waals surface area contributed by atoms with Crippen molar-refractivity contribution in [2.45, 2.75) is 97.9 Å². The van der Waals surface area contributed by atoms with Crippen molar-refractivity contribution in [2.75, 3.05) is 6.61 Å². The van der Waals surface area contributed by atoms with Crippen molar-refractivity contribution in [1.29, 1.82) is 0 Å². The summed E-state index contributed by atoms with van der Waals surface area (Å²) < 4.78 is 6.32. The molecule has 0 aromatic carbocycles. The molecule has 3 nitrogen and oxygen atoms in total. The van der Waals surface area contributed by atoms with Crippen LogP contribution in [0.5, 0.6) is 0 Å². The Morgan fingerprint density at radius 2 is 1.83 bits per heavy atom. The second-order valence-electron chi connectivity index (χ2n) is 11.3. The van der Waals surface area contributed by atoms with E-state index >= 15 is 0 Å². The molecule has 1 unspecified atom stereocenters. The van der Waals surface area contributed by atoms with Crippen LogP contribution in [0.25, 0.3) is 0 Å². The third-order valence-corrected chi connectivity index (χ3v) is 9.36. The first-order valence-corrected chi connectivity index (χ1v) is 12.1. The molecule has 0 amide bonds. The van der Waals surface area contributed by atoms with E-state index in [9.17, 15) is 10.2 Å². The van der Waals surface area contributed by atoms with Gasteiger partial charge in [0.15, 0.2) is 0 Å². The van der Waals surface area contributed by atoms with E-state index in [0.717, 1.165) is 25.9 Å². The minimum atomic E-state index is -0.439. The highest BCUT2D eigenvalue weighted by Gasteiger charge is 2.59. The van der Waals surface area contributed by atoms with Crippen LogP contribution >= 0.6 is 0 Å². The maximum atomic E-state index is 11.0. The maximum Gasteiger partial charge on any atom is 0.0661 e. The molecule has 0 radical (unpaired) electrons. The van der Waals surface area contributed by atoms with Gasteiger partial charge in [0.2, 0.25) is 0 Å². The van der Waals surface area contributed by atoms with E-state index in [1.165, 1.54) is 24.8 Å². The molecule has 8 atom stereocenters. The van der Waals surface area contributed by atoms with Gasteiger partial charge in [-0.15, -0.1) is 0 Å². The lowest BCUT2D eigenvalue weighted by Crippen LogP contribution is -2.52. The van der Waals surface area contributed by atoms with E-state index in [1.807, 2.05) is 0 Å². The van der Waals surface area contributed by atoms with Crippen LogP contribution in [0.4, 0.5) is 0 Å². The zero-order chi connectivity index (χ0) is 21.0.